The summed E-state index contributed by atoms with van der Waals surface area (Å²) >= 11 is 0. The molecule has 0 aliphatic rings. The second-order valence-corrected chi connectivity index (χ2v) is 4.35. The van der Waals surface area contributed by atoms with Crippen LogP contribution in [0.3, 0.4) is 0 Å². The van der Waals surface area contributed by atoms with Crippen molar-refractivity contribution in [3.63, 3.8) is 0 Å². The lowest BCUT2D eigenvalue weighted by Gasteiger charge is -2.05. The molecule has 0 saturated heterocycles. The minimum atomic E-state index is -0.0880. The Morgan fingerprint density at radius 2 is 1.89 bits per heavy atom. The van der Waals surface area contributed by atoms with Crippen molar-refractivity contribution in [3.8, 4) is 0 Å². The van der Waals surface area contributed by atoms with Crippen LogP contribution in [0.2, 0.25) is 0 Å². The molecule has 0 aliphatic carbocycles. The normalized spacial score (nSPS) is 10.4. The number of aromatic nitrogens is 1. The first-order valence-electron chi connectivity index (χ1n) is 5.84. The molecule has 2 rings (SSSR count). The van der Waals surface area contributed by atoms with E-state index in [0.29, 0.717) is 12.1 Å². The van der Waals surface area contributed by atoms with E-state index in [-0.39, 0.29) is 5.91 Å². The Balaban J connectivity index is 2.03. The van der Waals surface area contributed by atoms with Crippen molar-refractivity contribution in [2.45, 2.75) is 27.3 Å². The predicted octanol–water partition coefficient (Wildman–Crippen LogP) is 2.53. The van der Waals surface area contributed by atoms with Crippen LogP contribution >= 0.6 is 0 Å². The first-order chi connectivity index (χ1) is 8.58. The van der Waals surface area contributed by atoms with Crippen molar-refractivity contribution >= 4 is 5.91 Å². The molecule has 1 aromatic heterocycles. The molecule has 1 amide bonds. The summed E-state index contributed by atoms with van der Waals surface area (Å²) in [4.78, 5) is 11.9. The molecule has 1 N–H and O–H groups in total. The largest absolute Gasteiger partial charge is 0.361 e. The zero-order valence-electron chi connectivity index (χ0n) is 10.8. The molecule has 1 heterocycles. The lowest BCUT2D eigenvalue weighted by Crippen LogP contribution is -2.23. The van der Waals surface area contributed by atoms with Crippen molar-refractivity contribution < 1.29 is 9.32 Å². The van der Waals surface area contributed by atoms with E-state index in [0.717, 1.165) is 22.6 Å². The molecular weight excluding hydrogens is 228 g/mol. The second-order valence-electron chi connectivity index (χ2n) is 4.35. The number of nitrogens with one attached hydrogen (secondary N) is 1. The van der Waals surface area contributed by atoms with Crippen LogP contribution in [0.15, 0.2) is 28.8 Å². The van der Waals surface area contributed by atoms with E-state index >= 15 is 0 Å². The monoisotopic (exact) mass is 244 g/mol. The molecule has 2 aromatic rings. The Labute approximate surface area is 106 Å². The van der Waals surface area contributed by atoms with Gasteiger partial charge in [0.25, 0.3) is 5.91 Å². The highest BCUT2D eigenvalue weighted by Gasteiger charge is 2.11. The summed E-state index contributed by atoms with van der Waals surface area (Å²) in [6.07, 6.45) is 0. The maximum absolute atomic E-state index is 11.9. The van der Waals surface area contributed by atoms with Gasteiger partial charge in [0.05, 0.1) is 5.69 Å². The SMILES string of the molecule is Cc1ccc(C(=O)NCc2c(C)noc2C)cc1. The smallest absolute Gasteiger partial charge is 0.251 e. The fourth-order valence-corrected chi connectivity index (χ4v) is 1.73. The van der Waals surface area contributed by atoms with Gasteiger partial charge in [-0.3, -0.25) is 4.79 Å². The van der Waals surface area contributed by atoms with Crippen LogP contribution in [0, 0.1) is 20.8 Å². The van der Waals surface area contributed by atoms with Crippen LogP contribution in [0.1, 0.15) is 32.9 Å². The Hall–Kier alpha value is -2.10. The summed E-state index contributed by atoms with van der Waals surface area (Å²) in [7, 11) is 0. The van der Waals surface area contributed by atoms with Crippen LogP contribution in [-0.2, 0) is 6.54 Å². The van der Waals surface area contributed by atoms with Crippen LogP contribution in [0.25, 0.3) is 0 Å². The van der Waals surface area contributed by atoms with E-state index in [4.69, 9.17) is 4.52 Å². The molecule has 18 heavy (non-hydrogen) atoms. The summed E-state index contributed by atoms with van der Waals surface area (Å²) in [6, 6.07) is 7.48. The topological polar surface area (TPSA) is 55.1 Å². The Bertz CT molecular complexity index is 536. The summed E-state index contributed by atoms with van der Waals surface area (Å²) in [5, 5.41) is 6.72. The molecule has 94 valence electrons. The van der Waals surface area contributed by atoms with Gasteiger partial charge in [0, 0.05) is 17.7 Å². The fourth-order valence-electron chi connectivity index (χ4n) is 1.73. The molecule has 0 atom stereocenters. The summed E-state index contributed by atoms with van der Waals surface area (Å²) in [5.41, 5.74) is 3.55. The zero-order valence-corrected chi connectivity index (χ0v) is 10.8. The molecule has 0 bridgehead atoms. The number of benzene rings is 1. The third-order valence-corrected chi connectivity index (χ3v) is 2.92. The van der Waals surface area contributed by atoms with Gasteiger partial charge in [0.15, 0.2) is 0 Å². The Morgan fingerprint density at radius 3 is 2.44 bits per heavy atom. The van der Waals surface area contributed by atoms with Crippen molar-refractivity contribution in [2.24, 2.45) is 0 Å². The Morgan fingerprint density at radius 1 is 1.22 bits per heavy atom. The predicted molar refractivity (Wildman–Crippen MR) is 68.3 cm³/mol. The lowest BCUT2D eigenvalue weighted by atomic mass is 10.1. The maximum Gasteiger partial charge on any atom is 0.251 e. The van der Waals surface area contributed by atoms with Crippen molar-refractivity contribution in [2.75, 3.05) is 0 Å². The Kier molecular flexibility index (Phi) is 3.46. The van der Waals surface area contributed by atoms with Crippen LogP contribution in [0.4, 0.5) is 0 Å². The number of amides is 1. The molecule has 4 nitrogen and oxygen atoms in total. The first kappa shape index (κ1) is 12.4. The quantitative estimate of drug-likeness (QED) is 0.902. The third-order valence-electron chi connectivity index (χ3n) is 2.92. The number of nitrogens with zero attached hydrogens (tertiary/aromatic N) is 1. The molecule has 4 heteroatoms. The highest BCUT2D eigenvalue weighted by Crippen LogP contribution is 2.12. The van der Waals surface area contributed by atoms with E-state index in [1.54, 1.807) is 0 Å². The van der Waals surface area contributed by atoms with Crippen LogP contribution in [-0.4, -0.2) is 11.1 Å². The van der Waals surface area contributed by atoms with Gasteiger partial charge in [-0.05, 0) is 32.9 Å². The number of carbonyl (C=O) groups is 1. The highest BCUT2D eigenvalue weighted by molar-refractivity contribution is 5.94. The standard InChI is InChI=1S/C14H16N2O2/c1-9-4-6-12(7-5-9)14(17)15-8-13-10(2)16-18-11(13)3/h4-7H,8H2,1-3H3,(H,15,17). The van der Waals surface area contributed by atoms with Gasteiger partial charge in [0.2, 0.25) is 0 Å². The van der Waals surface area contributed by atoms with E-state index in [2.05, 4.69) is 10.5 Å². The molecule has 0 saturated carbocycles. The number of hydrogen-bond acceptors (Lipinski definition) is 3. The van der Waals surface area contributed by atoms with E-state index < -0.39 is 0 Å². The molecule has 0 fully saturated rings. The molecule has 0 radical (unpaired) electrons. The molecule has 0 aliphatic heterocycles. The number of aryl methyl sites for hydroxylation is 3. The average molecular weight is 244 g/mol. The van der Waals surface area contributed by atoms with Gasteiger partial charge in [-0.1, -0.05) is 22.9 Å². The number of rotatable bonds is 3. The first-order valence-corrected chi connectivity index (χ1v) is 5.84. The van der Waals surface area contributed by atoms with Gasteiger partial charge >= 0.3 is 0 Å². The van der Waals surface area contributed by atoms with Gasteiger partial charge < -0.3 is 9.84 Å². The van der Waals surface area contributed by atoms with E-state index in [9.17, 15) is 4.79 Å². The lowest BCUT2D eigenvalue weighted by molar-refractivity contribution is 0.0951. The molecule has 1 aromatic carbocycles. The maximum atomic E-state index is 11.9. The number of hydrogen-bond donors (Lipinski definition) is 1. The highest BCUT2D eigenvalue weighted by atomic mass is 16.5. The van der Waals surface area contributed by atoms with Gasteiger partial charge in [-0.15, -0.1) is 0 Å². The third kappa shape index (κ3) is 2.59. The van der Waals surface area contributed by atoms with Gasteiger partial charge in [0.1, 0.15) is 5.76 Å². The second kappa shape index (κ2) is 5.04. The van der Waals surface area contributed by atoms with Crippen molar-refractivity contribution in [1.82, 2.24) is 10.5 Å². The zero-order chi connectivity index (χ0) is 13.1. The van der Waals surface area contributed by atoms with Gasteiger partial charge in [-0.2, -0.15) is 0 Å². The van der Waals surface area contributed by atoms with E-state index in [1.807, 2.05) is 45.0 Å². The molecule has 0 unspecified atom stereocenters. The molecular formula is C14H16N2O2. The minimum Gasteiger partial charge on any atom is -0.361 e. The minimum absolute atomic E-state index is 0.0880. The summed E-state index contributed by atoms with van der Waals surface area (Å²) in [5.74, 6) is 0.659. The molecule has 0 spiro atoms. The van der Waals surface area contributed by atoms with E-state index in [1.165, 1.54) is 0 Å². The van der Waals surface area contributed by atoms with Crippen molar-refractivity contribution in [3.05, 3.63) is 52.4 Å². The fraction of sp³-hybridized carbons (Fsp3) is 0.286. The van der Waals surface area contributed by atoms with Gasteiger partial charge in [-0.25, -0.2) is 0 Å². The number of carbonyl (C=O) groups excluding carboxylic acids is 1. The van der Waals surface area contributed by atoms with Crippen LogP contribution < -0.4 is 5.32 Å². The van der Waals surface area contributed by atoms with Crippen LogP contribution in [0.5, 0.6) is 0 Å². The average Bonchev–Trinajstić information content (AvgIpc) is 2.67. The van der Waals surface area contributed by atoms with Crippen molar-refractivity contribution in [1.29, 1.82) is 0 Å². The summed E-state index contributed by atoms with van der Waals surface area (Å²) < 4.78 is 5.05. The summed E-state index contributed by atoms with van der Waals surface area (Å²) in [6.45, 7) is 6.14.